The Bertz CT molecular complexity index is 1240. The average molecular weight is 564 g/mol. The van der Waals surface area contributed by atoms with E-state index in [1.165, 1.54) is 16.8 Å². The predicted molar refractivity (Wildman–Crippen MR) is 138 cm³/mol. The molecular weight excluding hydrogens is 531 g/mol. The van der Waals surface area contributed by atoms with Crippen LogP contribution in [0.2, 0.25) is 0 Å². The highest BCUT2D eigenvalue weighted by Crippen LogP contribution is 2.30. The largest absolute Gasteiger partial charge is 0.494 e. The molecule has 0 saturated carbocycles. The zero-order valence-corrected chi connectivity index (χ0v) is 22.3. The van der Waals surface area contributed by atoms with Crippen LogP contribution in [0.1, 0.15) is 42.1 Å². The molecule has 2 aliphatic rings. The van der Waals surface area contributed by atoms with Gasteiger partial charge in [0.2, 0.25) is 11.8 Å². The summed E-state index contributed by atoms with van der Waals surface area (Å²) in [5.41, 5.74) is 1.05. The molecule has 0 spiro atoms. The number of fused-ring (bicyclic) bond motifs is 5. The van der Waals surface area contributed by atoms with Gasteiger partial charge in [0.15, 0.2) is 0 Å². The third-order valence-corrected chi connectivity index (χ3v) is 6.63. The second-order valence-corrected chi connectivity index (χ2v) is 9.80. The minimum Gasteiger partial charge on any atom is -0.494 e. The van der Waals surface area contributed by atoms with Crippen molar-refractivity contribution in [3.63, 3.8) is 0 Å². The quantitative estimate of drug-likeness (QED) is 0.606. The number of likely N-dealkylation sites (N-methyl/N-ethyl adjacent to an activating group) is 1. The number of amides is 3. The van der Waals surface area contributed by atoms with E-state index in [1.54, 1.807) is 36.4 Å². The van der Waals surface area contributed by atoms with Gasteiger partial charge in [-0.15, -0.1) is 0 Å². The second-order valence-electron chi connectivity index (χ2n) is 9.80. The van der Waals surface area contributed by atoms with Crippen LogP contribution in [0, 0.1) is 0 Å². The lowest BCUT2D eigenvalue weighted by Crippen LogP contribution is -2.58. The van der Waals surface area contributed by atoms with Crippen LogP contribution in [0.4, 0.5) is 13.2 Å². The van der Waals surface area contributed by atoms with Crippen LogP contribution >= 0.6 is 0 Å². The molecule has 2 aromatic carbocycles. The predicted octanol–water partition coefficient (Wildman–Crippen LogP) is 3.91. The van der Waals surface area contributed by atoms with E-state index in [-0.39, 0.29) is 31.8 Å². The van der Waals surface area contributed by atoms with Crippen LogP contribution in [0.15, 0.2) is 42.5 Å². The lowest BCUT2D eigenvalue weighted by atomic mass is 10.0. The number of carbonyl (C=O) groups is 3. The Morgan fingerprint density at radius 3 is 2.70 bits per heavy atom. The molecule has 12 heteroatoms. The molecule has 0 aliphatic carbocycles. The number of likely N-dealkylation sites (tertiary alicyclic amines) is 1. The Labute approximate surface area is 230 Å². The Kier molecular flexibility index (Phi) is 9.18. The van der Waals surface area contributed by atoms with Crippen LogP contribution in [0.5, 0.6) is 17.2 Å². The maximum Gasteiger partial charge on any atom is 0.389 e. The monoisotopic (exact) mass is 563 g/mol. The number of ether oxygens (including phenoxy) is 3. The third kappa shape index (κ3) is 7.87. The Morgan fingerprint density at radius 2 is 1.95 bits per heavy atom. The van der Waals surface area contributed by atoms with E-state index in [1.807, 2.05) is 13.0 Å². The van der Waals surface area contributed by atoms with Gasteiger partial charge in [-0.3, -0.25) is 14.4 Å². The molecule has 216 valence electrons. The number of halogens is 3. The molecule has 1 fully saturated rings. The van der Waals surface area contributed by atoms with Gasteiger partial charge in [-0.05, 0) is 43.2 Å². The molecule has 1 saturated heterocycles. The first-order valence-corrected chi connectivity index (χ1v) is 13.1. The summed E-state index contributed by atoms with van der Waals surface area (Å²) in [5, 5.41) is 2.83. The van der Waals surface area contributed by atoms with E-state index in [0.29, 0.717) is 30.3 Å². The van der Waals surface area contributed by atoms with Crippen LogP contribution < -0.4 is 14.8 Å². The van der Waals surface area contributed by atoms with E-state index in [4.69, 9.17) is 14.2 Å². The number of nitrogens with zero attached hydrogens (tertiary/aromatic N) is 2. The second kappa shape index (κ2) is 12.6. The number of hydrogen-bond acceptors (Lipinski definition) is 6. The van der Waals surface area contributed by atoms with E-state index >= 15 is 0 Å². The number of alkyl halides is 3. The average Bonchev–Trinajstić information content (AvgIpc) is 2.90. The zero-order valence-electron chi connectivity index (χ0n) is 22.3. The smallest absolute Gasteiger partial charge is 0.389 e. The summed E-state index contributed by atoms with van der Waals surface area (Å²) >= 11 is 0. The number of nitrogens with one attached hydrogen (secondary N) is 1. The van der Waals surface area contributed by atoms with Crippen LogP contribution in [0.25, 0.3) is 0 Å². The molecule has 4 rings (SSSR count). The molecule has 2 heterocycles. The van der Waals surface area contributed by atoms with E-state index in [2.05, 4.69) is 5.32 Å². The van der Waals surface area contributed by atoms with Gasteiger partial charge in [-0.1, -0.05) is 12.1 Å². The third-order valence-electron chi connectivity index (χ3n) is 6.63. The SMILES string of the molecule is CCOc1cc2cc(c1)C(=O)N(C)CC(=O)N[C@H]1CN(C(=O)CCC(F)(F)F)CC[C@H]1OCc1cccc(c1)O2. The summed E-state index contributed by atoms with van der Waals surface area (Å²) < 4.78 is 55.8. The van der Waals surface area contributed by atoms with E-state index in [0.717, 1.165) is 5.56 Å². The molecule has 2 aromatic rings. The molecule has 0 unspecified atom stereocenters. The normalized spacial score (nSPS) is 20.3. The number of hydrogen-bond donors (Lipinski definition) is 1. The fourth-order valence-corrected chi connectivity index (χ4v) is 4.70. The van der Waals surface area contributed by atoms with Crippen LogP contribution in [0.3, 0.4) is 0 Å². The fraction of sp³-hybridized carbons (Fsp3) is 0.464. The first-order valence-electron chi connectivity index (χ1n) is 13.1. The van der Waals surface area contributed by atoms with Gasteiger partial charge in [-0.25, -0.2) is 0 Å². The summed E-state index contributed by atoms with van der Waals surface area (Å²) in [6.45, 7) is 2.27. The highest BCUT2D eigenvalue weighted by molar-refractivity contribution is 5.97. The fourth-order valence-electron chi connectivity index (χ4n) is 4.70. The Morgan fingerprint density at radius 1 is 1.15 bits per heavy atom. The molecule has 2 aliphatic heterocycles. The van der Waals surface area contributed by atoms with Gasteiger partial charge in [0.1, 0.15) is 17.2 Å². The number of piperidine rings is 1. The van der Waals surface area contributed by atoms with Crippen molar-refractivity contribution >= 4 is 17.7 Å². The minimum absolute atomic E-state index is 0.00628. The number of rotatable bonds is 4. The summed E-state index contributed by atoms with van der Waals surface area (Å²) in [6.07, 6.45) is -6.50. The zero-order chi connectivity index (χ0) is 28.9. The number of carbonyl (C=O) groups excluding carboxylic acids is 3. The van der Waals surface area contributed by atoms with Crippen LogP contribution in [-0.2, 0) is 20.9 Å². The lowest BCUT2D eigenvalue weighted by molar-refractivity contribution is -0.151. The van der Waals surface area contributed by atoms with Crippen molar-refractivity contribution in [3.8, 4) is 17.2 Å². The summed E-state index contributed by atoms with van der Waals surface area (Å²) in [7, 11) is 1.48. The maximum atomic E-state index is 13.2. The van der Waals surface area contributed by atoms with Gasteiger partial charge < -0.3 is 29.3 Å². The molecule has 0 radical (unpaired) electrons. The van der Waals surface area contributed by atoms with Crippen molar-refractivity contribution in [2.24, 2.45) is 0 Å². The summed E-state index contributed by atoms with van der Waals surface area (Å²) in [6, 6.07) is 11.3. The molecule has 3 amide bonds. The molecule has 4 bridgehead atoms. The van der Waals surface area contributed by atoms with Gasteiger partial charge in [-0.2, -0.15) is 13.2 Å². The highest BCUT2D eigenvalue weighted by atomic mass is 19.4. The van der Waals surface area contributed by atoms with Gasteiger partial charge in [0.05, 0.1) is 38.3 Å². The van der Waals surface area contributed by atoms with Crippen molar-refractivity contribution in [3.05, 3.63) is 53.6 Å². The topological polar surface area (TPSA) is 97.4 Å². The van der Waals surface area contributed by atoms with Crippen LogP contribution in [-0.4, -0.2) is 79.1 Å². The van der Waals surface area contributed by atoms with Crippen molar-refractivity contribution in [2.75, 3.05) is 33.3 Å². The standard InChI is InChI=1S/C28H32F3N3O6/c1-3-38-21-12-19-13-22(14-21)40-20-6-4-5-18(11-20)17-39-24-8-10-34(26(36)7-9-28(29,30)31)15-23(24)32-25(35)16-33(2)27(19)37/h4-6,11-14,23-24H,3,7-10,15-17H2,1-2H3,(H,32,35)/t23-,24+/m0/s1. The van der Waals surface area contributed by atoms with Crippen molar-refractivity contribution < 1.29 is 41.8 Å². The molecule has 9 nitrogen and oxygen atoms in total. The minimum atomic E-state index is -4.44. The molecule has 2 atom stereocenters. The Balaban J connectivity index is 1.59. The first-order chi connectivity index (χ1) is 19.0. The number of benzene rings is 2. The Hall–Kier alpha value is -3.80. The lowest BCUT2D eigenvalue weighted by Gasteiger charge is -2.39. The molecule has 40 heavy (non-hydrogen) atoms. The molecular formula is C28H32F3N3O6. The maximum absolute atomic E-state index is 13.2. The van der Waals surface area contributed by atoms with Crippen molar-refractivity contribution in [1.82, 2.24) is 15.1 Å². The summed E-state index contributed by atoms with van der Waals surface area (Å²) in [5.74, 6) is -0.238. The van der Waals surface area contributed by atoms with E-state index in [9.17, 15) is 27.6 Å². The van der Waals surface area contributed by atoms with Gasteiger partial charge in [0.25, 0.3) is 5.91 Å². The summed E-state index contributed by atoms with van der Waals surface area (Å²) in [4.78, 5) is 41.3. The molecule has 1 N–H and O–H groups in total. The molecule has 0 aromatic heterocycles. The van der Waals surface area contributed by atoms with Gasteiger partial charge >= 0.3 is 6.18 Å². The van der Waals surface area contributed by atoms with Crippen molar-refractivity contribution in [1.29, 1.82) is 0 Å². The highest BCUT2D eigenvalue weighted by Gasteiger charge is 2.35. The van der Waals surface area contributed by atoms with Gasteiger partial charge in [0, 0.05) is 38.2 Å². The first kappa shape index (κ1) is 29.2. The van der Waals surface area contributed by atoms with E-state index < -0.39 is 48.9 Å². The van der Waals surface area contributed by atoms with Crippen molar-refractivity contribution in [2.45, 2.75) is 51.1 Å².